The summed E-state index contributed by atoms with van der Waals surface area (Å²) in [4.78, 5) is 7.27. The maximum absolute atomic E-state index is 13.8. The summed E-state index contributed by atoms with van der Waals surface area (Å²) in [6, 6.07) is 11.9. The largest absolute Gasteiger partial charge is 0.354 e. The van der Waals surface area contributed by atoms with E-state index in [4.69, 9.17) is 0 Å². The topological polar surface area (TPSA) is 90.4 Å². The molecule has 208 valence electrons. The molecule has 8 nitrogen and oxygen atoms in total. The Labute approximate surface area is 234 Å². The molecule has 40 heavy (non-hydrogen) atoms. The molecule has 11 heteroatoms. The van der Waals surface area contributed by atoms with Crippen LogP contribution in [0.5, 0.6) is 0 Å². The molecule has 0 saturated carbocycles. The Morgan fingerprint density at radius 2 is 1.95 bits per heavy atom. The summed E-state index contributed by atoms with van der Waals surface area (Å²) >= 11 is 0. The molecule has 4 heterocycles. The number of hydrogen-bond donors (Lipinski definition) is 0. The van der Waals surface area contributed by atoms with Crippen LogP contribution in [0.25, 0.3) is 5.65 Å². The van der Waals surface area contributed by atoms with Crippen molar-refractivity contribution in [3.63, 3.8) is 0 Å². The SMILES string of the molecule is CCCCN1CCN(Cc2cc(Cc3ccn4c(C(F)F)nnc4c3C)ccc2C)S(=O)c2cc(C#N)cnc21. The highest BCUT2D eigenvalue weighted by molar-refractivity contribution is 7.82. The zero-order valence-electron chi connectivity index (χ0n) is 22.8. The average molecular weight is 564 g/mol. The fourth-order valence-corrected chi connectivity index (χ4v) is 6.37. The van der Waals surface area contributed by atoms with Crippen molar-refractivity contribution in [3.8, 4) is 6.07 Å². The summed E-state index contributed by atoms with van der Waals surface area (Å²) in [5, 5.41) is 17.1. The second-order valence-corrected chi connectivity index (χ2v) is 11.5. The number of halogens is 2. The minimum atomic E-state index is -2.70. The maximum atomic E-state index is 13.8. The quantitative estimate of drug-likeness (QED) is 0.290. The normalized spacial score (nSPS) is 15.8. The molecule has 0 fully saturated rings. The summed E-state index contributed by atoms with van der Waals surface area (Å²) in [6.45, 7) is 8.62. The number of anilines is 1. The molecule has 0 aliphatic carbocycles. The number of pyridine rings is 2. The van der Waals surface area contributed by atoms with Crippen LogP contribution in [0.1, 0.15) is 65.4 Å². The van der Waals surface area contributed by atoms with Crippen molar-refractivity contribution < 1.29 is 13.0 Å². The van der Waals surface area contributed by atoms with Gasteiger partial charge < -0.3 is 4.90 Å². The third-order valence-electron chi connectivity index (χ3n) is 7.40. The minimum Gasteiger partial charge on any atom is -0.354 e. The van der Waals surface area contributed by atoms with Gasteiger partial charge in [0.25, 0.3) is 6.43 Å². The maximum Gasteiger partial charge on any atom is 0.297 e. The van der Waals surface area contributed by atoms with Crippen LogP contribution in [-0.2, 0) is 24.0 Å². The van der Waals surface area contributed by atoms with E-state index in [1.54, 1.807) is 18.5 Å². The number of nitriles is 1. The second kappa shape index (κ2) is 11.8. The molecule has 0 spiro atoms. The van der Waals surface area contributed by atoms with E-state index in [1.165, 1.54) is 4.40 Å². The van der Waals surface area contributed by atoms with Crippen LogP contribution in [0.4, 0.5) is 14.6 Å². The Balaban J connectivity index is 1.41. The Morgan fingerprint density at radius 1 is 1.12 bits per heavy atom. The van der Waals surface area contributed by atoms with Gasteiger partial charge in [-0.05, 0) is 66.6 Å². The first kappa shape index (κ1) is 27.8. The van der Waals surface area contributed by atoms with Gasteiger partial charge >= 0.3 is 0 Å². The average Bonchev–Trinajstić information content (AvgIpc) is 3.35. The highest BCUT2D eigenvalue weighted by Gasteiger charge is 2.28. The van der Waals surface area contributed by atoms with Gasteiger partial charge in [0.05, 0.1) is 10.5 Å². The predicted molar refractivity (Wildman–Crippen MR) is 150 cm³/mol. The van der Waals surface area contributed by atoms with Crippen LogP contribution in [-0.4, -0.2) is 47.7 Å². The molecule has 1 aliphatic rings. The van der Waals surface area contributed by atoms with E-state index >= 15 is 0 Å². The van der Waals surface area contributed by atoms with E-state index in [0.29, 0.717) is 48.0 Å². The first-order valence-electron chi connectivity index (χ1n) is 13.3. The van der Waals surface area contributed by atoms with Crippen molar-refractivity contribution in [1.29, 1.82) is 5.26 Å². The van der Waals surface area contributed by atoms with Crippen molar-refractivity contribution in [2.45, 2.75) is 57.9 Å². The lowest BCUT2D eigenvalue weighted by Gasteiger charge is -2.23. The zero-order chi connectivity index (χ0) is 28.4. The standard InChI is InChI=1S/C29H31F2N7OS/c1-4-5-9-36-11-12-37(40(39)25-15-22(16-32)17-33-28(25)36)18-24-14-21(7-6-19(24)2)13-23-8-10-38-27(20(23)3)34-35-29(38)26(30)31/h6-8,10,14-15,17,26H,4-5,9,11-13,18H2,1-3H3. The number of unbranched alkanes of at least 4 members (excludes halogenated alkanes) is 1. The monoisotopic (exact) mass is 563 g/mol. The number of aryl methyl sites for hydroxylation is 2. The Hall–Kier alpha value is -3.75. The predicted octanol–water partition coefficient (Wildman–Crippen LogP) is 5.29. The third-order valence-corrected chi connectivity index (χ3v) is 8.86. The molecule has 0 saturated heterocycles. The fourth-order valence-electron chi connectivity index (χ4n) is 5.02. The first-order chi connectivity index (χ1) is 19.3. The van der Waals surface area contributed by atoms with Crippen molar-refractivity contribution in [1.82, 2.24) is 23.9 Å². The molecule has 0 bridgehead atoms. The number of fused-ring (bicyclic) bond motifs is 2. The molecule has 1 aliphatic heterocycles. The van der Waals surface area contributed by atoms with E-state index in [0.717, 1.165) is 47.2 Å². The lowest BCUT2D eigenvalue weighted by molar-refractivity contribution is 0.139. The second-order valence-electron chi connectivity index (χ2n) is 10.1. The number of benzene rings is 1. The van der Waals surface area contributed by atoms with Gasteiger partial charge in [-0.3, -0.25) is 4.40 Å². The van der Waals surface area contributed by atoms with Gasteiger partial charge in [-0.2, -0.15) is 5.26 Å². The van der Waals surface area contributed by atoms with E-state index < -0.39 is 17.4 Å². The highest BCUT2D eigenvalue weighted by Crippen LogP contribution is 2.30. The molecule has 1 unspecified atom stereocenters. The Bertz CT molecular complexity index is 1610. The summed E-state index contributed by atoms with van der Waals surface area (Å²) in [5.74, 6) is 0.327. The van der Waals surface area contributed by atoms with Crippen molar-refractivity contribution in [3.05, 3.63) is 81.9 Å². The van der Waals surface area contributed by atoms with Gasteiger partial charge in [-0.1, -0.05) is 31.5 Å². The van der Waals surface area contributed by atoms with Gasteiger partial charge in [0.1, 0.15) is 22.9 Å². The van der Waals surface area contributed by atoms with E-state index in [1.807, 2.05) is 24.2 Å². The molecule has 0 radical (unpaired) electrons. The van der Waals surface area contributed by atoms with Crippen LogP contribution in [0.3, 0.4) is 0 Å². The summed E-state index contributed by atoms with van der Waals surface area (Å²) in [5.41, 5.74) is 5.80. The van der Waals surface area contributed by atoms with Gasteiger partial charge in [-0.15, -0.1) is 10.2 Å². The van der Waals surface area contributed by atoms with Gasteiger partial charge in [0, 0.05) is 38.6 Å². The highest BCUT2D eigenvalue weighted by atomic mass is 32.2. The summed E-state index contributed by atoms with van der Waals surface area (Å²) < 4.78 is 43.6. The van der Waals surface area contributed by atoms with E-state index in [-0.39, 0.29) is 5.82 Å². The molecule has 3 aromatic heterocycles. The summed E-state index contributed by atoms with van der Waals surface area (Å²) in [7, 11) is -1.48. The molecule has 4 aromatic rings. The Morgan fingerprint density at radius 3 is 2.70 bits per heavy atom. The molecule has 0 N–H and O–H groups in total. The van der Waals surface area contributed by atoms with Crippen LogP contribution in [0.2, 0.25) is 0 Å². The minimum absolute atomic E-state index is 0.361. The number of aromatic nitrogens is 4. The molecule has 5 rings (SSSR count). The van der Waals surface area contributed by atoms with Crippen LogP contribution in [0, 0.1) is 25.2 Å². The van der Waals surface area contributed by atoms with Crippen molar-refractivity contribution in [2.75, 3.05) is 24.5 Å². The number of rotatable bonds is 8. The van der Waals surface area contributed by atoms with E-state index in [9.17, 15) is 18.3 Å². The lowest BCUT2D eigenvalue weighted by atomic mass is 9.98. The Kier molecular flexibility index (Phi) is 8.19. The van der Waals surface area contributed by atoms with Crippen LogP contribution >= 0.6 is 0 Å². The number of nitrogens with zero attached hydrogens (tertiary/aromatic N) is 7. The van der Waals surface area contributed by atoms with Crippen LogP contribution < -0.4 is 4.90 Å². The van der Waals surface area contributed by atoms with Gasteiger partial charge in [-0.25, -0.2) is 22.3 Å². The van der Waals surface area contributed by atoms with Gasteiger partial charge in [0.15, 0.2) is 5.65 Å². The smallest absolute Gasteiger partial charge is 0.297 e. The number of hydrogen-bond acceptors (Lipinski definition) is 6. The third kappa shape index (κ3) is 5.46. The van der Waals surface area contributed by atoms with Crippen molar-refractivity contribution in [2.24, 2.45) is 0 Å². The lowest BCUT2D eigenvalue weighted by Crippen LogP contribution is -2.33. The fraction of sp³-hybridized carbons (Fsp3) is 0.379. The van der Waals surface area contributed by atoms with Gasteiger partial charge in [0.2, 0.25) is 5.82 Å². The number of alkyl halides is 2. The molecule has 1 atom stereocenters. The first-order valence-corrected chi connectivity index (χ1v) is 14.4. The molecule has 0 amide bonds. The zero-order valence-corrected chi connectivity index (χ0v) is 23.6. The summed E-state index contributed by atoms with van der Waals surface area (Å²) in [6.07, 6.45) is 3.08. The molecular formula is C29H31F2N7OS. The van der Waals surface area contributed by atoms with E-state index in [2.05, 4.69) is 51.3 Å². The molecular weight excluding hydrogens is 532 g/mol. The van der Waals surface area contributed by atoms with Crippen molar-refractivity contribution >= 4 is 22.5 Å². The van der Waals surface area contributed by atoms with Crippen LogP contribution in [0.15, 0.2) is 47.6 Å². The molecule has 1 aromatic carbocycles.